The minimum Gasteiger partial charge on any atom is -0.545 e. The highest BCUT2D eigenvalue weighted by Gasteiger charge is 2.03. The quantitative estimate of drug-likeness (QED) is 0.692. The van der Waals surface area contributed by atoms with Gasteiger partial charge in [0.25, 0.3) is 0 Å². The maximum absolute atomic E-state index is 10.7. The molecular formula is C19H17N3O3. The molecule has 2 aromatic carbocycles. The van der Waals surface area contributed by atoms with Gasteiger partial charge in [0.1, 0.15) is 18.8 Å². The summed E-state index contributed by atoms with van der Waals surface area (Å²) in [7, 11) is 0. The maximum atomic E-state index is 10.7. The third kappa shape index (κ3) is 4.86. The van der Waals surface area contributed by atoms with Crippen molar-refractivity contribution in [3.05, 3.63) is 83.7 Å². The lowest BCUT2D eigenvalue weighted by Gasteiger charge is -2.07. The zero-order valence-electron chi connectivity index (χ0n) is 13.5. The van der Waals surface area contributed by atoms with Crippen LogP contribution in [0.4, 0.5) is 0 Å². The molecule has 25 heavy (non-hydrogen) atoms. The summed E-state index contributed by atoms with van der Waals surface area (Å²) in [6, 6.07) is 16.5. The van der Waals surface area contributed by atoms with Crippen molar-refractivity contribution in [3.8, 4) is 11.8 Å². The molecule has 0 aliphatic heterocycles. The highest BCUT2D eigenvalue weighted by molar-refractivity contribution is 5.85. The van der Waals surface area contributed by atoms with Crippen molar-refractivity contribution in [1.82, 2.24) is 9.97 Å². The van der Waals surface area contributed by atoms with E-state index in [1.165, 1.54) is 0 Å². The second kappa shape index (κ2) is 8.03. The number of aromatic nitrogens is 2. The third-order valence-electron chi connectivity index (χ3n) is 3.60. The Morgan fingerprint density at radius 3 is 2.40 bits per heavy atom. The summed E-state index contributed by atoms with van der Waals surface area (Å²) < 4.78 is 5.62. The van der Waals surface area contributed by atoms with Crippen LogP contribution in [0.3, 0.4) is 0 Å². The molecule has 0 unspecified atom stereocenters. The zero-order chi connectivity index (χ0) is 17.5. The minimum absolute atomic E-state index is 0.191. The third-order valence-corrected chi connectivity index (χ3v) is 3.60. The van der Waals surface area contributed by atoms with Crippen LogP contribution in [0.1, 0.15) is 21.5 Å². The number of benzene rings is 2. The molecule has 6 nitrogen and oxygen atoms in total. The first-order valence-corrected chi connectivity index (χ1v) is 7.86. The van der Waals surface area contributed by atoms with E-state index in [0.29, 0.717) is 11.8 Å². The fraction of sp³-hybridized carbons (Fsp3) is 0.105. The summed E-state index contributed by atoms with van der Waals surface area (Å²) in [5, 5.41) is 12.9. The van der Waals surface area contributed by atoms with Crippen LogP contribution in [0.15, 0.2) is 67.0 Å². The normalized spacial score (nSPS) is 10.4. The first-order chi connectivity index (χ1) is 12.2. The zero-order valence-corrected chi connectivity index (χ0v) is 13.5. The molecular weight excluding hydrogens is 318 g/mol. The Labute approximate surface area is 145 Å². The van der Waals surface area contributed by atoms with Gasteiger partial charge in [-0.3, -0.25) is 0 Å². The smallest absolute Gasteiger partial charge is 0.321 e. The molecule has 3 aromatic rings. The fourth-order valence-electron chi connectivity index (χ4n) is 2.36. The molecule has 126 valence electrons. The van der Waals surface area contributed by atoms with Gasteiger partial charge in [-0.2, -0.15) is 0 Å². The first-order valence-electron chi connectivity index (χ1n) is 7.86. The molecule has 0 saturated heterocycles. The Kier molecular flexibility index (Phi) is 5.33. The minimum atomic E-state index is -1.16. The number of hydrogen-bond acceptors (Lipinski definition) is 5. The number of nitrogens with zero attached hydrogens (tertiary/aromatic N) is 2. The topological polar surface area (TPSA) is 91.8 Å². The highest BCUT2D eigenvalue weighted by atomic mass is 16.5. The predicted molar refractivity (Wildman–Crippen MR) is 88.7 cm³/mol. The van der Waals surface area contributed by atoms with E-state index in [2.05, 4.69) is 15.3 Å². The van der Waals surface area contributed by atoms with Crippen molar-refractivity contribution in [3.63, 3.8) is 0 Å². The molecule has 0 spiro atoms. The number of aromatic carboxylic acids is 1. The van der Waals surface area contributed by atoms with E-state index in [1.54, 1.807) is 42.7 Å². The molecule has 2 N–H and O–H groups in total. The number of carboxylic acid groups (broad SMARTS) is 1. The fourth-order valence-corrected chi connectivity index (χ4v) is 2.36. The number of rotatable bonds is 7. The van der Waals surface area contributed by atoms with Crippen LogP contribution in [-0.2, 0) is 13.1 Å². The van der Waals surface area contributed by atoms with Crippen molar-refractivity contribution in [2.24, 2.45) is 0 Å². The maximum Gasteiger partial charge on any atom is 0.321 e. The standard InChI is InChI=1S/C19H17N3O3/c23-18(24)16-7-5-14(6-8-16)12-20-13-15-3-1-4-17(11-15)25-19-21-9-2-10-22-19/h1-11,20H,12-13H2,(H,23,24). The Bertz CT molecular complexity index is 836. The van der Waals surface area contributed by atoms with E-state index in [9.17, 15) is 9.90 Å². The Balaban J connectivity index is 1.54. The van der Waals surface area contributed by atoms with Gasteiger partial charge in [0.2, 0.25) is 0 Å². The Morgan fingerprint density at radius 1 is 0.960 bits per heavy atom. The lowest BCUT2D eigenvalue weighted by molar-refractivity contribution is -0.686. The van der Waals surface area contributed by atoms with Crippen LogP contribution in [0.2, 0.25) is 0 Å². The van der Waals surface area contributed by atoms with E-state index in [-0.39, 0.29) is 5.56 Å². The summed E-state index contributed by atoms with van der Waals surface area (Å²) in [4.78, 5) is 18.8. The average molecular weight is 335 g/mol. The number of carbonyl (C=O) groups excluding carboxylic acids is 1. The molecule has 3 rings (SSSR count). The largest absolute Gasteiger partial charge is 0.545 e. The van der Waals surface area contributed by atoms with Crippen LogP contribution >= 0.6 is 0 Å². The molecule has 0 aliphatic carbocycles. The summed E-state index contributed by atoms with van der Waals surface area (Å²) in [6.07, 6.45) is 3.26. The van der Waals surface area contributed by atoms with Crippen molar-refractivity contribution in [1.29, 1.82) is 0 Å². The summed E-state index contributed by atoms with van der Waals surface area (Å²) in [6.45, 7) is 1.52. The number of carbonyl (C=O) groups is 1. The van der Waals surface area contributed by atoms with Gasteiger partial charge < -0.3 is 20.0 Å². The van der Waals surface area contributed by atoms with Crippen molar-refractivity contribution < 1.29 is 20.0 Å². The monoisotopic (exact) mass is 335 g/mol. The van der Waals surface area contributed by atoms with E-state index < -0.39 is 5.97 Å². The highest BCUT2D eigenvalue weighted by Crippen LogP contribution is 2.18. The molecule has 0 aliphatic rings. The second-order valence-electron chi connectivity index (χ2n) is 5.46. The second-order valence-corrected chi connectivity index (χ2v) is 5.46. The van der Waals surface area contributed by atoms with E-state index in [1.807, 2.05) is 24.3 Å². The number of nitrogens with two attached hydrogens (primary N) is 1. The summed E-state index contributed by atoms with van der Waals surface area (Å²) >= 11 is 0. The molecule has 0 bridgehead atoms. The van der Waals surface area contributed by atoms with Gasteiger partial charge >= 0.3 is 6.01 Å². The van der Waals surface area contributed by atoms with Gasteiger partial charge in [-0.05, 0) is 23.8 Å². The average Bonchev–Trinajstić information content (AvgIpc) is 2.63. The van der Waals surface area contributed by atoms with Gasteiger partial charge in [0, 0.05) is 23.5 Å². The molecule has 0 amide bonds. The Hall–Kier alpha value is -3.25. The van der Waals surface area contributed by atoms with Crippen LogP contribution in [0, 0.1) is 0 Å². The SMILES string of the molecule is O=C([O-])c1ccc(C[NH2+]Cc2cccc(Oc3ncccn3)c2)cc1. The van der Waals surface area contributed by atoms with E-state index in [0.717, 1.165) is 24.2 Å². The molecule has 0 fully saturated rings. The van der Waals surface area contributed by atoms with Gasteiger partial charge in [-0.25, -0.2) is 9.97 Å². The number of quaternary nitrogens is 1. The molecule has 0 atom stereocenters. The molecule has 0 radical (unpaired) electrons. The Morgan fingerprint density at radius 2 is 1.68 bits per heavy atom. The van der Waals surface area contributed by atoms with Crippen LogP contribution in [0.25, 0.3) is 0 Å². The number of ether oxygens (including phenoxy) is 1. The van der Waals surface area contributed by atoms with Gasteiger partial charge in [0.05, 0.1) is 5.97 Å². The van der Waals surface area contributed by atoms with Crippen molar-refractivity contribution in [2.45, 2.75) is 13.1 Å². The molecule has 0 saturated carbocycles. The molecule has 6 heteroatoms. The predicted octanol–water partition coefficient (Wildman–Crippen LogP) is 0.896. The van der Waals surface area contributed by atoms with Gasteiger partial charge in [0.15, 0.2) is 0 Å². The lowest BCUT2D eigenvalue weighted by Crippen LogP contribution is -2.80. The van der Waals surface area contributed by atoms with Crippen LogP contribution < -0.4 is 15.2 Å². The van der Waals surface area contributed by atoms with Crippen LogP contribution in [0.5, 0.6) is 11.8 Å². The first kappa shape index (κ1) is 16.6. The van der Waals surface area contributed by atoms with Crippen molar-refractivity contribution >= 4 is 5.97 Å². The lowest BCUT2D eigenvalue weighted by atomic mass is 10.1. The summed E-state index contributed by atoms with van der Waals surface area (Å²) in [5.41, 5.74) is 2.35. The summed E-state index contributed by atoms with van der Waals surface area (Å²) in [5.74, 6) is -0.467. The van der Waals surface area contributed by atoms with Gasteiger partial charge in [-0.15, -0.1) is 0 Å². The van der Waals surface area contributed by atoms with Crippen molar-refractivity contribution in [2.75, 3.05) is 0 Å². The number of hydrogen-bond donors (Lipinski definition) is 1. The van der Waals surface area contributed by atoms with Crippen LogP contribution in [-0.4, -0.2) is 15.9 Å². The van der Waals surface area contributed by atoms with Gasteiger partial charge in [-0.1, -0.05) is 36.4 Å². The number of carboxylic acids is 1. The molecule has 1 aromatic heterocycles. The molecule has 1 heterocycles. The van der Waals surface area contributed by atoms with E-state index >= 15 is 0 Å². The van der Waals surface area contributed by atoms with E-state index in [4.69, 9.17) is 4.74 Å².